The zero-order chi connectivity index (χ0) is 15.8. The highest BCUT2D eigenvalue weighted by Gasteiger charge is 2.19. The molecule has 2 aromatic rings. The smallest absolute Gasteiger partial charge is 0.262 e. The molecule has 9 heteroatoms. The van der Waals surface area contributed by atoms with Gasteiger partial charge in [-0.05, 0) is 34.1 Å². The molecule has 0 atom stereocenters. The van der Waals surface area contributed by atoms with Gasteiger partial charge in [0.1, 0.15) is 11.6 Å². The third-order valence-electron chi connectivity index (χ3n) is 2.46. The van der Waals surface area contributed by atoms with Gasteiger partial charge < -0.3 is 0 Å². The Balaban J connectivity index is 2.42. The van der Waals surface area contributed by atoms with Gasteiger partial charge in [-0.15, -0.1) is 0 Å². The van der Waals surface area contributed by atoms with E-state index in [1.807, 2.05) is 0 Å². The fourth-order valence-corrected chi connectivity index (χ4v) is 2.76. The van der Waals surface area contributed by atoms with Crippen LogP contribution in [0.2, 0.25) is 0 Å². The van der Waals surface area contributed by atoms with E-state index < -0.39 is 43.9 Å². The first kappa shape index (κ1) is 15.8. The van der Waals surface area contributed by atoms with E-state index in [2.05, 4.69) is 15.9 Å². The summed E-state index contributed by atoms with van der Waals surface area (Å²) in [7, 11) is -4.34. The van der Waals surface area contributed by atoms with Crippen molar-refractivity contribution < 1.29 is 26.0 Å². The molecule has 0 fully saturated rings. The van der Waals surface area contributed by atoms with E-state index in [-0.39, 0.29) is 10.5 Å². The number of nitrogens with one attached hydrogen (secondary N) is 1. The maximum absolute atomic E-state index is 13.4. The number of hydrogen-bond acceptors (Lipinski definition) is 2. The molecule has 0 saturated heterocycles. The van der Waals surface area contributed by atoms with Gasteiger partial charge >= 0.3 is 0 Å². The van der Waals surface area contributed by atoms with Crippen molar-refractivity contribution in [3.63, 3.8) is 0 Å². The minimum atomic E-state index is -4.34. The molecule has 2 aromatic carbocycles. The Kier molecular flexibility index (Phi) is 4.24. The maximum Gasteiger partial charge on any atom is 0.262 e. The molecule has 0 radical (unpaired) electrons. The van der Waals surface area contributed by atoms with Crippen molar-refractivity contribution in [2.45, 2.75) is 4.90 Å². The molecule has 112 valence electrons. The van der Waals surface area contributed by atoms with Crippen LogP contribution in [0.3, 0.4) is 0 Å². The van der Waals surface area contributed by atoms with Crippen LogP contribution in [-0.4, -0.2) is 8.42 Å². The third kappa shape index (κ3) is 3.35. The van der Waals surface area contributed by atoms with E-state index in [1.54, 1.807) is 4.72 Å². The molecule has 21 heavy (non-hydrogen) atoms. The van der Waals surface area contributed by atoms with Crippen LogP contribution in [0.15, 0.2) is 39.7 Å². The second-order valence-corrected chi connectivity index (χ2v) is 6.46. The number of benzene rings is 2. The molecule has 0 aliphatic rings. The van der Waals surface area contributed by atoms with Crippen LogP contribution in [0.25, 0.3) is 0 Å². The summed E-state index contributed by atoms with van der Waals surface area (Å²) in [5.74, 6) is -5.01. The minimum Gasteiger partial charge on any atom is -0.277 e. The van der Waals surface area contributed by atoms with E-state index >= 15 is 0 Å². The van der Waals surface area contributed by atoms with Crippen molar-refractivity contribution in [3.8, 4) is 0 Å². The quantitative estimate of drug-likeness (QED) is 0.647. The summed E-state index contributed by atoms with van der Waals surface area (Å²) < 4.78 is 78.1. The van der Waals surface area contributed by atoms with Crippen LogP contribution in [0.1, 0.15) is 0 Å². The van der Waals surface area contributed by atoms with Gasteiger partial charge in [0.25, 0.3) is 10.0 Å². The molecule has 2 rings (SSSR count). The minimum absolute atomic E-state index is 0.0421. The second kappa shape index (κ2) is 5.64. The lowest BCUT2D eigenvalue weighted by Gasteiger charge is -2.10. The van der Waals surface area contributed by atoms with Crippen molar-refractivity contribution in [2.75, 3.05) is 4.72 Å². The van der Waals surface area contributed by atoms with Gasteiger partial charge in [-0.25, -0.2) is 26.0 Å². The fraction of sp³-hybridized carbons (Fsp3) is 0. The fourth-order valence-electron chi connectivity index (χ4n) is 1.45. The van der Waals surface area contributed by atoms with Crippen molar-refractivity contribution in [3.05, 3.63) is 58.1 Å². The van der Waals surface area contributed by atoms with Crippen LogP contribution < -0.4 is 4.72 Å². The summed E-state index contributed by atoms with van der Waals surface area (Å²) in [6, 6.07) is 3.47. The Labute approximate surface area is 125 Å². The van der Waals surface area contributed by atoms with Gasteiger partial charge in [0.15, 0.2) is 11.6 Å². The van der Waals surface area contributed by atoms with Crippen molar-refractivity contribution in [1.29, 1.82) is 0 Å². The summed E-state index contributed by atoms with van der Waals surface area (Å²) in [5, 5.41) is 0. The van der Waals surface area contributed by atoms with Gasteiger partial charge in [-0.3, -0.25) is 4.72 Å². The zero-order valence-electron chi connectivity index (χ0n) is 10.0. The van der Waals surface area contributed by atoms with Crippen LogP contribution in [-0.2, 0) is 10.0 Å². The second-order valence-electron chi connectivity index (χ2n) is 3.93. The summed E-state index contributed by atoms with van der Waals surface area (Å²) in [6.07, 6.45) is 0. The first-order valence-corrected chi connectivity index (χ1v) is 7.61. The summed E-state index contributed by atoms with van der Waals surface area (Å²) in [6.45, 7) is 0. The van der Waals surface area contributed by atoms with E-state index in [4.69, 9.17) is 0 Å². The average Bonchev–Trinajstić information content (AvgIpc) is 2.39. The molecule has 0 aliphatic carbocycles. The Hall–Kier alpha value is -1.61. The number of anilines is 1. The first-order valence-electron chi connectivity index (χ1n) is 5.33. The van der Waals surface area contributed by atoms with Crippen LogP contribution in [0.5, 0.6) is 0 Å². The van der Waals surface area contributed by atoms with Gasteiger partial charge in [-0.2, -0.15) is 0 Å². The Morgan fingerprint density at radius 1 is 0.857 bits per heavy atom. The molecule has 0 aromatic heterocycles. The maximum atomic E-state index is 13.4. The third-order valence-corrected chi connectivity index (χ3v) is 4.46. The van der Waals surface area contributed by atoms with Crippen molar-refractivity contribution in [1.82, 2.24) is 0 Å². The molecule has 0 saturated carbocycles. The van der Waals surface area contributed by atoms with Crippen molar-refractivity contribution in [2.24, 2.45) is 0 Å². The lowest BCUT2D eigenvalue weighted by atomic mass is 10.3. The molecule has 0 amide bonds. The molecule has 0 aliphatic heterocycles. The lowest BCUT2D eigenvalue weighted by Crippen LogP contribution is -2.14. The zero-order valence-corrected chi connectivity index (χ0v) is 12.4. The van der Waals surface area contributed by atoms with E-state index in [9.17, 15) is 26.0 Å². The van der Waals surface area contributed by atoms with Crippen LogP contribution in [0.4, 0.5) is 23.2 Å². The molecule has 0 unspecified atom stereocenters. The molecule has 1 N–H and O–H groups in total. The van der Waals surface area contributed by atoms with Gasteiger partial charge in [0.05, 0.1) is 15.1 Å². The topological polar surface area (TPSA) is 46.2 Å². The van der Waals surface area contributed by atoms with E-state index in [0.29, 0.717) is 12.1 Å². The number of hydrogen-bond donors (Lipinski definition) is 1. The molecule has 0 heterocycles. The summed E-state index contributed by atoms with van der Waals surface area (Å²) in [5.41, 5.74) is -0.780. The SMILES string of the molecule is O=S(=O)(Nc1cc(F)c(F)cc1F)c1ccc(Br)c(F)c1. The van der Waals surface area contributed by atoms with Gasteiger partial charge in [0, 0.05) is 12.1 Å². The molecule has 3 nitrogen and oxygen atoms in total. The average molecular weight is 384 g/mol. The largest absolute Gasteiger partial charge is 0.277 e. The number of sulfonamides is 1. The van der Waals surface area contributed by atoms with E-state index in [1.165, 1.54) is 0 Å². The Bertz CT molecular complexity index is 811. The molecular weight excluding hydrogens is 378 g/mol. The monoisotopic (exact) mass is 383 g/mol. The summed E-state index contributed by atoms with van der Waals surface area (Å²) in [4.78, 5) is -0.493. The standard InChI is InChI=1S/C12H6BrF4NO2S/c13-7-2-1-6(3-8(7)14)21(19,20)18-12-5-10(16)9(15)4-11(12)17/h1-5,18H. The first-order chi connectivity index (χ1) is 9.70. The molecule has 0 spiro atoms. The highest BCUT2D eigenvalue weighted by Crippen LogP contribution is 2.24. The normalized spacial score (nSPS) is 11.5. The van der Waals surface area contributed by atoms with Gasteiger partial charge in [-0.1, -0.05) is 0 Å². The van der Waals surface area contributed by atoms with E-state index in [0.717, 1.165) is 12.1 Å². The van der Waals surface area contributed by atoms with Gasteiger partial charge in [0.2, 0.25) is 0 Å². The highest BCUT2D eigenvalue weighted by molar-refractivity contribution is 9.10. The molecule has 0 bridgehead atoms. The highest BCUT2D eigenvalue weighted by atomic mass is 79.9. The summed E-state index contributed by atoms with van der Waals surface area (Å²) >= 11 is 2.85. The predicted molar refractivity (Wildman–Crippen MR) is 71.2 cm³/mol. The Morgan fingerprint density at radius 2 is 1.48 bits per heavy atom. The van der Waals surface area contributed by atoms with Crippen LogP contribution in [0, 0.1) is 23.3 Å². The van der Waals surface area contributed by atoms with Crippen molar-refractivity contribution >= 4 is 31.6 Å². The number of halogens is 5. The van der Waals surface area contributed by atoms with Crippen LogP contribution >= 0.6 is 15.9 Å². The lowest BCUT2D eigenvalue weighted by molar-refractivity contribution is 0.496. The Morgan fingerprint density at radius 3 is 2.10 bits per heavy atom. The number of rotatable bonds is 3. The predicted octanol–water partition coefficient (Wildman–Crippen LogP) is 3.81. The molecular formula is C12H6BrF4NO2S.